The van der Waals surface area contributed by atoms with E-state index in [1.165, 1.54) is 17.0 Å². The lowest BCUT2D eigenvalue weighted by Gasteiger charge is -2.28. The van der Waals surface area contributed by atoms with Gasteiger partial charge in [0.15, 0.2) is 6.10 Å². The number of allylic oxidation sites excluding steroid dienone is 2. The first kappa shape index (κ1) is 19.2. The molecule has 0 N–H and O–H groups in total. The summed E-state index contributed by atoms with van der Waals surface area (Å²) in [5.74, 6) is -0.395. The van der Waals surface area contributed by atoms with Crippen LogP contribution in [0.3, 0.4) is 0 Å². The zero-order valence-electron chi connectivity index (χ0n) is 14.3. The van der Waals surface area contributed by atoms with Crippen LogP contribution in [0.5, 0.6) is 0 Å². The zero-order chi connectivity index (χ0) is 18.9. The Kier molecular flexibility index (Phi) is 5.61. The van der Waals surface area contributed by atoms with E-state index in [1.54, 1.807) is 18.2 Å². The lowest BCUT2D eigenvalue weighted by atomic mass is 10.0. The maximum Gasteiger partial charge on any atom is 0.297 e. The van der Waals surface area contributed by atoms with Gasteiger partial charge in [-0.05, 0) is 38.3 Å². The second-order valence-electron chi connectivity index (χ2n) is 6.48. The molecule has 1 aliphatic carbocycles. The molecule has 3 unspecified atom stereocenters. The molecular formula is C17H20NO6S2-. The number of amides is 1. The van der Waals surface area contributed by atoms with Crippen molar-refractivity contribution in [2.45, 2.75) is 48.9 Å². The van der Waals surface area contributed by atoms with E-state index in [0.29, 0.717) is 25.8 Å². The Labute approximate surface area is 155 Å². The van der Waals surface area contributed by atoms with Crippen LogP contribution < -0.4 is 0 Å². The van der Waals surface area contributed by atoms with Gasteiger partial charge in [-0.3, -0.25) is 13.2 Å². The highest BCUT2D eigenvalue weighted by Gasteiger charge is 2.38. The first-order chi connectivity index (χ1) is 12.3. The average molecular weight is 398 g/mol. The van der Waals surface area contributed by atoms with Crippen LogP contribution >= 0.6 is 0 Å². The minimum atomic E-state index is -4.02. The highest BCUT2D eigenvalue weighted by atomic mass is 32.2. The Morgan fingerprint density at radius 1 is 1.23 bits per heavy atom. The van der Waals surface area contributed by atoms with Crippen molar-refractivity contribution in [2.24, 2.45) is 0 Å². The quantitative estimate of drug-likeness (QED) is 0.551. The van der Waals surface area contributed by atoms with Crippen LogP contribution in [0, 0.1) is 6.92 Å². The molecule has 142 valence electrons. The van der Waals surface area contributed by atoms with Crippen molar-refractivity contribution in [3.8, 4) is 0 Å². The number of hydrogen-bond acceptors (Lipinski definition) is 6. The van der Waals surface area contributed by atoms with E-state index in [-0.39, 0.29) is 11.3 Å². The minimum absolute atomic E-state index is 0.0204. The fraction of sp³-hybridized carbons (Fsp3) is 0.471. The SMILES string of the molecule is Cc1ccc(S(=O)(=O)OC2CCN(C3=CCC(S(=O)[O-])CC3)C2=O)cc1. The Morgan fingerprint density at radius 2 is 1.92 bits per heavy atom. The predicted octanol–water partition coefficient (Wildman–Crippen LogP) is 1.62. The van der Waals surface area contributed by atoms with E-state index in [0.717, 1.165) is 11.3 Å². The topological polar surface area (TPSA) is 104 Å². The molecule has 0 aromatic heterocycles. The number of carbonyl (C=O) groups is 1. The number of rotatable bonds is 5. The molecule has 1 amide bonds. The Hall–Kier alpha value is -1.55. The van der Waals surface area contributed by atoms with Gasteiger partial charge < -0.3 is 9.45 Å². The molecule has 1 saturated heterocycles. The molecule has 1 aromatic rings. The Morgan fingerprint density at radius 3 is 2.50 bits per heavy atom. The number of likely N-dealkylation sites (tertiary alicyclic amines) is 1. The molecule has 0 spiro atoms. The molecule has 3 rings (SSSR count). The van der Waals surface area contributed by atoms with Gasteiger partial charge in [0, 0.05) is 23.9 Å². The molecule has 3 atom stereocenters. The average Bonchev–Trinajstić information content (AvgIpc) is 2.95. The zero-order valence-corrected chi connectivity index (χ0v) is 15.9. The number of benzene rings is 1. The molecule has 1 aromatic carbocycles. The maximum atomic E-state index is 12.6. The van der Waals surface area contributed by atoms with E-state index in [2.05, 4.69) is 0 Å². The molecule has 1 aliphatic heterocycles. The summed E-state index contributed by atoms with van der Waals surface area (Å²) >= 11 is -2.12. The summed E-state index contributed by atoms with van der Waals surface area (Å²) in [6, 6.07) is 6.24. The summed E-state index contributed by atoms with van der Waals surface area (Å²) in [5.41, 5.74) is 1.67. The molecule has 1 fully saturated rings. The third-order valence-corrected chi connectivity index (χ3v) is 6.97. The molecule has 9 heteroatoms. The van der Waals surface area contributed by atoms with Crippen molar-refractivity contribution in [1.82, 2.24) is 4.90 Å². The summed E-state index contributed by atoms with van der Waals surface area (Å²) in [6.07, 6.45) is 2.27. The van der Waals surface area contributed by atoms with Gasteiger partial charge in [-0.1, -0.05) is 34.9 Å². The van der Waals surface area contributed by atoms with Gasteiger partial charge in [0.25, 0.3) is 16.0 Å². The lowest BCUT2D eigenvalue weighted by molar-refractivity contribution is -0.131. The summed E-state index contributed by atoms with van der Waals surface area (Å²) in [6.45, 7) is 2.21. The van der Waals surface area contributed by atoms with E-state index in [4.69, 9.17) is 4.18 Å². The number of nitrogens with zero attached hydrogens (tertiary/aromatic N) is 1. The molecule has 7 nitrogen and oxygen atoms in total. The first-order valence-electron chi connectivity index (χ1n) is 8.36. The normalized spacial score (nSPS) is 25.2. The number of carbonyl (C=O) groups excluding carboxylic acids is 1. The summed E-state index contributed by atoms with van der Waals surface area (Å²) in [4.78, 5) is 14.1. The number of aryl methyl sites for hydroxylation is 1. The highest BCUT2D eigenvalue weighted by Crippen LogP contribution is 2.29. The first-order valence-corrected chi connectivity index (χ1v) is 10.9. The van der Waals surface area contributed by atoms with Crippen LogP contribution in [0.2, 0.25) is 0 Å². The van der Waals surface area contributed by atoms with Crippen molar-refractivity contribution in [1.29, 1.82) is 0 Å². The summed E-state index contributed by atoms with van der Waals surface area (Å²) in [7, 11) is -4.02. The van der Waals surface area contributed by atoms with Crippen LogP contribution in [-0.4, -0.2) is 45.9 Å². The van der Waals surface area contributed by atoms with E-state index in [1.807, 2.05) is 6.92 Å². The van der Waals surface area contributed by atoms with Gasteiger partial charge in [0.1, 0.15) is 0 Å². The Balaban J connectivity index is 1.68. The molecule has 26 heavy (non-hydrogen) atoms. The maximum absolute atomic E-state index is 12.6. The van der Waals surface area contributed by atoms with Crippen molar-refractivity contribution in [3.63, 3.8) is 0 Å². The van der Waals surface area contributed by atoms with E-state index < -0.39 is 38.5 Å². The predicted molar refractivity (Wildman–Crippen MR) is 94.2 cm³/mol. The summed E-state index contributed by atoms with van der Waals surface area (Å²) < 4.78 is 51.9. The summed E-state index contributed by atoms with van der Waals surface area (Å²) in [5, 5.41) is -0.426. The number of hydrogen-bond donors (Lipinski definition) is 0. The second kappa shape index (κ2) is 7.59. The lowest BCUT2D eigenvalue weighted by Crippen LogP contribution is -2.33. The van der Waals surface area contributed by atoms with Crippen LogP contribution in [0.4, 0.5) is 0 Å². The van der Waals surface area contributed by atoms with Gasteiger partial charge in [-0.2, -0.15) is 8.42 Å². The molecule has 2 aliphatic rings. The minimum Gasteiger partial charge on any atom is -0.772 e. The van der Waals surface area contributed by atoms with Gasteiger partial charge in [-0.25, -0.2) is 0 Å². The van der Waals surface area contributed by atoms with Gasteiger partial charge in [0.2, 0.25) is 0 Å². The molecule has 1 heterocycles. The van der Waals surface area contributed by atoms with Crippen molar-refractivity contribution in [2.75, 3.05) is 6.54 Å². The van der Waals surface area contributed by atoms with E-state index >= 15 is 0 Å². The Bertz CT molecular complexity index is 847. The van der Waals surface area contributed by atoms with Crippen LogP contribution in [0.1, 0.15) is 31.2 Å². The largest absolute Gasteiger partial charge is 0.772 e. The van der Waals surface area contributed by atoms with Crippen molar-refractivity contribution >= 4 is 27.1 Å². The molecule has 0 radical (unpaired) electrons. The van der Waals surface area contributed by atoms with Crippen LogP contribution in [0.25, 0.3) is 0 Å². The van der Waals surface area contributed by atoms with Gasteiger partial charge >= 0.3 is 0 Å². The van der Waals surface area contributed by atoms with Gasteiger partial charge in [-0.15, -0.1) is 0 Å². The second-order valence-corrected chi connectivity index (χ2v) is 9.24. The van der Waals surface area contributed by atoms with E-state index in [9.17, 15) is 22.0 Å². The standard InChI is InChI=1S/C17H21NO6S2/c1-12-2-8-15(9-3-12)26(22,23)24-16-10-11-18(17(16)19)13-4-6-14(7-5-13)25(20)21/h2-4,8-9,14,16H,5-7,10-11H2,1H3,(H,20,21)/p-1. The van der Waals surface area contributed by atoms with Crippen LogP contribution in [-0.2, 0) is 30.2 Å². The van der Waals surface area contributed by atoms with Gasteiger partial charge in [0.05, 0.1) is 4.90 Å². The van der Waals surface area contributed by atoms with Crippen LogP contribution in [0.15, 0.2) is 40.9 Å². The third kappa shape index (κ3) is 4.06. The molecule has 0 saturated carbocycles. The highest BCUT2D eigenvalue weighted by molar-refractivity contribution is 7.86. The van der Waals surface area contributed by atoms with Crippen molar-refractivity contribution in [3.05, 3.63) is 41.6 Å². The molecular weight excluding hydrogens is 378 g/mol. The molecule has 0 bridgehead atoms. The third-order valence-electron chi connectivity index (χ3n) is 4.67. The van der Waals surface area contributed by atoms with Crippen molar-refractivity contribution < 1.29 is 26.2 Å². The fourth-order valence-corrected chi connectivity index (χ4v) is 4.79. The fourth-order valence-electron chi connectivity index (χ4n) is 3.16. The smallest absolute Gasteiger partial charge is 0.297 e. The monoisotopic (exact) mass is 398 g/mol.